The zero-order chi connectivity index (χ0) is 23.0. The molecule has 32 heavy (non-hydrogen) atoms. The molecule has 0 aliphatic carbocycles. The van der Waals surface area contributed by atoms with Crippen LogP contribution in [-0.4, -0.2) is 44.7 Å². The van der Waals surface area contributed by atoms with Crippen LogP contribution >= 0.6 is 11.6 Å². The van der Waals surface area contributed by atoms with E-state index in [2.05, 4.69) is 4.98 Å². The van der Waals surface area contributed by atoms with Gasteiger partial charge in [-0.3, -0.25) is 14.2 Å². The summed E-state index contributed by atoms with van der Waals surface area (Å²) in [5.74, 6) is -0.235. The number of amides is 1. The number of carbonyl (C=O) groups excluding carboxylic acids is 1. The maximum atomic E-state index is 13.4. The summed E-state index contributed by atoms with van der Waals surface area (Å²) in [5.41, 5.74) is -1.24. The van der Waals surface area contributed by atoms with Crippen LogP contribution in [0.25, 0.3) is 22.2 Å². The van der Waals surface area contributed by atoms with E-state index in [0.29, 0.717) is 13.1 Å². The molecule has 1 aliphatic rings. The molecule has 11 heteroatoms. The highest BCUT2D eigenvalue weighted by Gasteiger charge is 2.34. The summed E-state index contributed by atoms with van der Waals surface area (Å²) >= 11 is 5.72. The van der Waals surface area contributed by atoms with E-state index in [1.165, 1.54) is 23.2 Å². The van der Waals surface area contributed by atoms with Crippen LogP contribution in [0.3, 0.4) is 0 Å². The fraction of sp³-hybridized carbons (Fsp3) is 0.381. The van der Waals surface area contributed by atoms with Crippen molar-refractivity contribution >= 4 is 28.5 Å². The predicted octanol–water partition coefficient (Wildman–Crippen LogP) is 4.13. The van der Waals surface area contributed by atoms with E-state index in [0.717, 1.165) is 29.5 Å². The molecule has 170 valence electrons. The van der Waals surface area contributed by atoms with E-state index in [1.807, 2.05) is 0 Å². The van der Waals surface area contributed by atoms with Gasteiger partial charge in [-0.2, -0.15) is 13.2 Å². The number of benzene rings is 1. The largest absolute Gasteiger partial charge is 0.417 e. The standard InChI is InChI=1S/C21H19ClF4N4O2/c22-16-4-3-13(9-15(16)21(24,25)26)14-10-29(8-5-23)19-18(14)20(32)30(12-27-19)11-17(31)28-6-1-2-7-28/h3-4,9-10,12H,1-2,5-8,11H2. The molecular formula is C21H19ClF4N4O2. The molecule has 1 aromatic carbocycles. The van der Waals surface area contributed by atoms with Gasteiger partial charge in [-0.1, -0.05) is 17.7 Å². The number of fused-ring (bicyclic) bond motifs is 1. The Kier molecular flexibility index (Phi) is 5.98. The molecule has 0 spiro atoms. The monoisotopic (exact) mass is 470 g/mol. The minimum absolute atomic E-state index is 0.0191. The molecule has 6 nitrogen and oxygen atoms in total. The van der Waals surface area contributed by atoms with Crippen LogP contribution in [0, 0.1) is 0 Å². The predicted molar refractivity (Wildman–Crippen MR) is 111 cm³/mol. The number of rotatable bonds is 5. The Bertz CT molecular complexity index is 1230. The second-order valence-corrected chi connectivity index (χ2v) is 7.99. The summed E-state index contributed by atoms with van der Waals surface area (Å²) < 4.78 is 55.7. The molecule has 2 aromatic heterocycles. The first-order chi connectivity index (χ1) is 15.2. The van der Waals surface area contributed by atoms with Gasteiger partial charge in [-0.05, 0) is 30.5 Å². The summed E-state index contributed by atoms with van der Waals surface area (Å²) in [6, 6.07) is 3.31. The normalized spacial score (nSPS) is 14.5. The van der Waals surface area contributed by atoms with Crippen LogP contribution < -0.4 is 5.56 Å². The molecule has 1 fully saturated rings. The lowest BCUT2D eigenvalue weighted by Gasteiger charge is -2.16. The molecule has 0 bridgehead atoms. The second-order valence-electron chi connectivity index (χ2n) is 7.58. The minimum Gasteiger partial charge on any atom is -0.341 e. The molecule has 1 saturated heterocycles. The average Bonchev–Trinajstić information content (AvgIpc) is 3.39. The summed E-state index contributed by atoms with van der Waals surface area (Å²) in [6.07, 6.45) is -0.293. The third kappa shape index (κ3) is 4.11. The summed E-state index contributed by atoms with van der Waals surface area (Å²) in [7, 11) is 0. The van der Waals surface area contributed by atoms with Crippen LogP contribution in [-0.2, 0) is 24.1 Å². The topological polar surface area (TPSA) is 60.1 Å². The van der Waals surface area contributed by atoms with E-state index < -0.39 is 29.0 Å². The van der Waals surface area contributed by atoms with Crippen molar-refractivity contribution in [2.24, 2.45) is 0 Å². The van der Waals surface area contributed by atoms with Crippen LogP contribution in [0.2, 0.25) is 5.02 Å². The first kappa shape index (κ1) is 22.3. The number of aryl methyl sites for hydroxylation is 1. The Morgan fingerprint density at radius 2 is 1.88 bits per heavy atom. The minimum atomic E-state index is -4.69. The highest BCUT2D eigenvalue weighted by molar-refractivity contribution is 6.31. The highest BCUT2D eigenvalue weighted by Crippen LogP contribution is 2.38. The van der Waals surface area contributed by atoms with Crippen molar-refractivity contribution in [3.8, 4) is 11.1 Å². The van der Waals surface area contributed by atoms with Gasteiger partial charge < -0.3 is 9.47 Å². The zero-order valence-electron chi connectivity index (χ0n) is 16.8. The lowest BCUT2D eigenvalue weighted by atomic mass is 10.0. The van der Waals surface area contributed by atoms with E-state index in [-0.39, 0.29) is 41.2 Å². The number of alkyl halides is 4. The molecule has 4 rings (SSSR count). The molecule has 3 heterocycles. The first-order valence-electron chi connectivity index (χ1n) is 10.00. The van der Waals surface area contributed by atoms with Gasteiger partial charge in [0.1, 0.15) is 25.2 Å². The van der Waals surface area contributed by atoms with E-state index in [1.54, 1.807) is 4.90 Å². The lowest BCUT2D eigenvalue weighted by Crippen LogP contribution is -2.34. The van der Waals surface area contributed by atoms with Crippen LogP contribution in [0.1, 0.15) is 18.4 Å². The van der Waals surface area contributed by atoms with Gasteiger partial charge in [0.15, 0.2) is 0 Å². The smallest absolute Gasteiger partial charge is 0.341 e. The van der Waals surface area contributed by atoms with Crippen LogP contribution in [0.4, 0.5) is 17.6 Å². The molecule has 3 aromatic rings. The summed E-state index contributed by atoms with van der Waals surface area (Å²) in [5, 5.41) is -0.453. The first-order valence-corrected chi connectivity index (χ1v) is 10.4. The highest BCUT2D eigenvalue weighted by atomic mass is 35.5. The molecule has 0 N–H and O–H groups in total. The van der Waals surface area contributed by atoms with Gasteiger partial charge in [0.2, 0.25) is 5.91 Å². The van der Waals surface area contributed by atoms with Gasteiger partial charge in [0, 0.05) is 24.8 Å². The molecular weight excluding hydrogens is 452 g/mol. The quantitative estimate of drug-likeness (QED) is 0.527. The number of carbonyl (C=O) groups is 1. The van der Waals surface area contributed by atoms with E-state index in [9.17, 15) is 27.2 Å². The lowest BCUT2D eigenvalue weighted by molar-refractivity contribution is -0.137. The second kappa shape index (κ2) is 8.57. The Balaban J connectivity index is 1.85. The number of halogens is 5. The molecule has 0 atom stereocenters. The van der Waals surface area contributed by atoms with Crippen molar-refractivity contribution in [1.82, 2.24) is 19.0 Å². The molecule has 0 saturated carbocycles. The van der Waals surface area contributed by atoms with Crippen molar-refractivity contribution in [3.63, 3.8) is 0 Å². The van der Waals surface area contributed by atoms with Gasteiger partial charge in [0.25, 0.3) is 5.56 Å². The maximum Gasteiger partial charge on any atom is 0.417 e. The van der Waals surface area contributed by atoms with Crippen LogP contribution in [0.15, 0.2) is 35.5 Å². The summed E-state index contributed by atoms with van der Waals surface area (Å²) in [6.45, 7) is 0.123. The fourth-order valence-electron chi connectivity index (χ4n) is 3.93. The van der Waals surface area contributed by atoms with Gasteiger partial charge in [-0.15, -0.1) is 0 Å². The Morgan fingerprint density at radius 3 is 2.53 bits per heavy atom. The average molecular weight is 471 g/mol. The maximum absolute atomic E-state index is 13.4. The third-order valence-corrected chi connectivity index (χ3v) is 5.85. The molecule has 0 unspecified atom stereocenters. The number of hydrogen-bond acceptors (Lipinski definition) is 3. The number of hydrogen-bond donors (Lipinski definition) is 0. The van der Waals surface area contributed by atoms with Gasteiger partial charge in [0.05, 0.1) is 22.5 Å². The van der Waals surface area contributed by atoms with Crippen molar-refractivity contribution in [1.29, 1.82) is 0 Å². The number of likely N-dealkylation sites (tertiary alicyclic amines) is 1. The SMILES string of the molecule is O=C(Cn1cnc2c(c(-c3ccc(Cl)c(C(F)(F)F)c3)cn2CCF)c1=O)N1CCCC1. The fourth-order valence-corrected chi connectivity index (χ4v) is 4.16. The Labute approximate surface area is 185 Å². The number of aromatic nitrogens is 3. The van der Waals surface area contributed by atoms with Crippen molar-refractivity contribution in [2.45, 2.75) is 32.1 Å². The zero-order valence-corrected chi connectivity index (χ0v) is 17.6. The van der Waals surface area contributed by atoms with Crippen molar-refractivity contribution in [3.05, 3.63) is 51.7 Å². The summed E-state index contributed by atoms with van der Waals surface area (Å²) in [4.78, 5) is 31.6. The number of nitrogens with zero attached hydrogens (tertiary/aromatic N) is 4. The Morgan fingerprint density at radius 1 is 1.16 bits per heavy atom. The van der Waals surface area contributed by atoms with Crippen molar-refractivity contribution < 1.29 is 22.4 Å². The molecule has 1 aliphatic heterocycles. The Hall–Kier alpha value is -2.88. The third-order valence-electron chi connectivity index (χ3n) is 5.52. The van der Waals surface area contributed by atoms with Gasteiger partial charge in [-0.25, -0.2) is 9.37 Å². The van der Waals surface area contributed by atoms with E-state index in [4.69, 9.17) is 11.6 Å². The van der Waals surface area contributed by atoms with Crippen LogP contribution in [0.5, 0.6) is 0 Å². The van der Waals surface area contributed by atoms with Gasteiger partial charge >= 0.3 is 6.18 Å². The van der Waals surface area contributed by atoms with E-state index >= 15 is 0 Å². The molecule has 0 radical (unpaired) electrons. The molecule has 1 amide bonds. The van der Waals surface area contributed by atoms with Crippen molar-refractivity contribution in [2.75, 3.05) is 19.8 Å².